The third-order valence-corrected chi connectivity index (χ3v) is 6.27. The minimum atomic E-state index is -1.41. The summed E-state index contributed by atoms with van der Waals surface area (Å²) in [6.07, 6.45) is 0.310. The van der Waals surface area contributed by atoms with Crippen LogP contribution < -0.4 is 15.4 Å². The normalized spacial score (nSPS) is 11.9. The molecule has 0 aliphatic heterocycles. The molecule has 2 amide bonds. The van der Waals surface area contributed by atoms with Crippen molar-refractivity contribution in [1.82, 2.24) is 10.6 Å². The van der Waals surface area contributed by atoms with Crippen molar-refractivity contribution in [2.45, 2.75) is 32.1 Å². The highest BCUT2D eigenvalue weighted by atomic mass is 32.2. The van der Waals surface area contributed by atoms with Crippen LogP contribution in [0.3, 0.4) is 0 Å². The molecule has 0 radical (unpaired) electrons. The van der Waals surface area contributed by atoms with Crippen LogP contribution in [0.25, 0.3) is 0 Å². The lowest BCUT2D eigenvalue weighted by Crippen LogP contribution is -2.50. The number of nitrogens with one attached hydrogen (secondary N) is 2. The summed E-state index contributed by atoms with van der Waals surface area (Å²) >= 11 is 1.27. The van der Waals surface area contributed by atoms with Crippen molar-refractivity contribution in [3.8, 4) is 5.75 Å². The number of carboxylic acids is 1. The van der Waals surface area contributed by atoms with Gasteiger partial charge in [0.15, 0.2) is 5.78 Å². The Morgan fingerprint density at radius 3 is 2.39 bits per heavy atom. The second kappa shape index (κ2) is 14.5. The molecule has 0 fully saturated rings. The maximum absolute atomic E-state index is 13.0. The Balaban J connectivity index is 2.09. The molecule has 2 aromatic carbocycles. The van der Waals surface area contributed by atoms with Crippen molar-refractivity contribution in [2.75, 3.05) is 12.9 Å². The number of nitrogens with zero attached hydrogens (tertiary/aromatic N) is 1. The number of hydrogen-bond acceptors (Lipinski definition) is 8. The lowest BCUT2D eigenvalue weighted by Gasteiger charge is -2.22. The average molecular weight is 544 g/mol. The number of amides is 2. The molecular formula is C26H29N3O8S. The van der Waals surface area contributed by atoms with E-state index in [0.29, 0.717) is 11.8 Å². The van der Waals surface area contributed by atoms with E-state index in [9.17, 15) is 34.4 Å². The SMILES string of the molecule is COc1ccc([N+](=O)[O-])cc1CC(=O)N[C@H](C(=O)NC(=CC(=O)O)C(=O)CSCc1ccccc1)C(C)C. The number of methoxy groups -OCH3 is 1. The number of Topliss-reactive ketones (excluding diaryl/α,β-unsaturated/α-hetero) is 1. The second-order valence-electron chi connectivity index (χ2n) is 8.51. The van der Waals surface area contributed by atoms with Gasteiger partial charge in [-0.25, -0.2) is 4.79 Å². The molecule has 0 aromatic heterocycles. The number of benzene rings is 2. The minimum Gasteiger partial charge on any atom is -0.496 e. The van der Waals surface area contributed by atoms with E-state index in [1.54, 1.807) is 13.8 Å². The average Bonchev–Trinajstić information content (AvgIpc) is 2.86. The maximum atomic E-state index is 13.0. The predicted molar refractivity (Wildman–Crippen MR) is 142 cm³/mol. The van der Waals surface area contributed by atoms with Gasteiger partial charge in [-0.15, -0.1) is 11.8 Å². The van der Waals surface area contributed by atoms with Gasteiger partial charge >= 0.3 is 5.97 Å². The van der Waals surface area contributed by atoms with Crippen LogP contribution in [0.5, 0.6) is 5.75 Å². The van der Waals surface area contributed by atoms with Gasteiger partial charge in [0.2, 0.25) is 11.8 Å². The summed E-state index contributed by atoms with van der Waals surface area (Å²) in [6, 6.07) is 12.1. The smallest absolute Gasteiger partial charge is 0.330 e. The standard InChI is InChI=1S/C26H29N3O8S/c1-16(2)25(28-23(31)12-18-11-19(29(35)36)9-10-22(18)37-3)26(34)27-20(13-24(32)33)21(30)15-38-14-17-7-5-4-6-8-17/h4-11,13,16,25H,12,14-15H2,1-3H3,(H,27,34)(H,28,31)(H,32,33)/t25-/m0/s1. The summed E-state index contributed by atoms with van der Waals surface area (Å²) < 4.78 is 5.17. The highest BCUT2D eigenvalue weighted by Crippen LogP contribution is 2.24. The quantitative estimate of drug-likeness (QED) is 0.184. The lowest BCUT2D eigenvalue weighted by molar-refractivity contribution is -0.384. The molecule has 0 saturated carbocycles. The third kappa shape index (κ3) is 9.36. The topological polar surface area (TPSA) is 165 Å². The highest BCUT2D eigenvalue weighted by Gasteiger charge is 2.27. The van der Waals surface area contributed by atoms with Crippen LogP contribution in [0.15, 0.2) is 60.3 Å². The van der Waals surface area contributed by atoms with Crippen LogP contribution in [-0.2, 0) is 31.4 Å². The minimum absolute atomic E-state index is 0.0699. The van der Waals surface area contributed by atoms with E-state index >= 15 is 0 Å². The Morgan fingerprint density at radius 2 is 1.82 bits per heavy atom. The van der Waals surface area contributed by atoms with Gasteiger partial charge in [-0.2, -0.15) is 0 Å². The summed E-state index contributed by atoms with van der Waals surface area (Å²) in [4.78, 5) is 60.2. The summed E-state index contributed by atoms with van der Waals surface area (Å²) in [6.45, 7) is 3.33. The first kappa shape index (κ1) is 30.0. The van der Waals surface area contributed by atoms with Gasteiger partial charge in [0.05, 0.1) is 36.0 Å². The molecule has 12 heteroatoms. The number of rotatable bonds is 14. The van der Waals surface area contributed by atoms with E-state index in [-0.39, 0.29) is 29.2 Å². The number of ether oxygens (including phenoxy) is 1. The van der Waals surface area contributed by atoms with E-state index < -0.39 is 46.1 Å². The first-order chi connectivity index (χ1) is 18.0. The fraction of sp³-hybridized carbons (Fsp3) is 0.308. The molecular weight excluding hydrogens is 514 g/mol. The van der Waals surface area contributed by atoms with E-state index in [4.69, 9.17) is 4.74 Å². The number of nitro groups is 1. The molecule has 38 heavy (non-hydrogen) atoms. The zero-order valence-corrected chi connectivity index (χ0v) is 21.9. The molecule has 11 nitrogen and oxygen atoms in total. The molecule has 202 valence electrons. The third-order valence-electron chi connectivity index (χ3n) is 5.26. The fourth-order valence-electron chi connectivity index (χ4n) is 3.38. The highest BCUT2D eigenvalue weighted by molar-refractivity contribution is 7.99. The van der Waals surface area contributed by atoms with E-state index in [1.165, 1.54) is 37.1 Å². The molecule has 0 aliphatic rings. The van der Waals surface area contributed by atoms with Gasteiger partial charge in [-0.1, -0.05) is 44.2 Å². The Kier molecular flexibility index (Phi) is 11.5. The number of ketones is 1. The first-order valence-electron chi connectivity index (χ1n) is 11.5. The van der Waals surface area contributed by atoms with Crippen LogP contribution in [-0.4, -0.2) is 52.5 Å². The summed E-state index contributed by atoms with van der Waals surface area (Å²) in [5, 5.41) is 25.2. The van der Waals surface area contributed by atoms with Gasteiger partial charge in [0.25, 0.3) is 5.69 Å². The van der Waals surface area contributed by atoms with E-state index in [2.05, 4.69) is 10.6 Å². The van der Waals surface area contributed by atoms with Crippen molar-refractivity contribution in [2.24, 2.45) is 5.92 Å². The van der Waals surface area contributed by atoms with Crippen molar-refractivity contribution in [3.63, 3.8) is 0 Å². The van der Waals surface area contributed by atoms with Crippen LogP contribution in [0, 0.1) is 16.0 Å². The molecule has 3 N–H and O–H groups in total. The number of hydrogen-bond donors (Lipinski definition) is 3. The van der Waals surface area contributed by atoms with Crippen LogP contribution in [0.4, 0.5) is 5.69 Å². The molecule has 0 bridgehead atoms. The zero-order valence-electron chi connectivity index (χ0n) is 21.1. The predicted octanol–water partition coefficient (Wildman–Crippen LogP) is 2.87. The lowest BCUT2D eigenvalue weighted by atomic mass is 10.0. The van der Waals surface area contributed by atoms with Gasteiger partial charge < -0.3 is 20.5 Å². The molecule has 2 aromatic rings. The Labute approximate surface area is 223 Å². The number of non-ortho nitro benzene ring substituents is 1. The number of aliphatic carboxylic acids is 1. The van der Waals surface area contributed by atoms with Crippen molar-refractivity contribution in [1.29, 1.82) is 0 Å². The second-order valence-corrected chi connectivity index (χ2v) is 9.49. The number of carbonyl (C=O) groups excluding carboxylic acids is 3. The summed E-state index contributed by atoms with van der Waals surface area (Å²) in [5.74, 6) is -3.10. The van der Waals surface area contributed by atoms with Gasteiger partial charge in [-0.3, -0.25) is 24.5 Å². The first-order valence-corrected chi connectivity index (χ1v) is 12.7. The largest absolute Gasteiger partial charge is 0.496 e. The zero-order chi connectivity index (χ0) is 28.2. The number of carboxylic acid groups (broad SMARTS) is 1. The fourth-order valence-corrected chi connectivity index (χ4v) is 4.25. The van der Waals surface area contributed by atoms with Crippen LogP contribution in [0.1, 0.15) is 25.0 Å². The molecule has 0 spiro atoms. The van der Waals surface area contributed by atoms with Crippen LogP contribution in [0.2, 0.25) is 0 Å². The van der Waals surface area contributed by atoms with Crippen molar-refractivity contribution >= 4 is 41.0 Å². The van der Waals surface area contributed by atoms with Gasteiger partial charge in [-0.05, 0) is 17.5 Å². The van der Waals surface area contributed by atoms with Crippen molar-refractivity contribution < 1.29 is 33.9 Å². The summed E-state index contributed by atoms with van der Waals surface area (Å²) in [5.41, 5.74) is 0.613. The number of nitro benzene ring substituents is 1. The number of carbonyl (C=O) groups is 4. The van der Waals surface area contributed by atoms with Gasteiger partial charge in [0, 0.05) is 23.4 Å². The van der Waals surface area contributed by atoms with Gasteiger partial charge in [0.1, 0.15) is 11.8 Å². The Hall–Kier alpha value is -4.19. The molecule has 0 aliphatic carbocycles. The van der Waals surface area contributed by atoms with E-state index in [1.807, 2.05) is 30.3 Å². The van der Waals surface area contributed by atoms with Crippen LogP contribution >= 0.6 is 11.8 Å². The molecule has 2 rings (SSSR count). The Bertz CT molecular complexity index is 1210. The van der Waals surface area contributed by atoms with Crippen molar-refractivity contribution in [3.05, 3.63) is 81.5 Å². The number of allylic oxidation sites excluding steroid dienone is 1. The Morgan fingerprint density at radius 1 is 1.13 bits per heavy atom. The molecule has 0 saturated heterocycles. The summed E-state index contributed by atoms with van der Waals surface area (Å²) in [7, 11) is 1.36. The molecule has 0 unspecified atom stereocenters. The number of thioether (sulfide) groups is 1. The monoisotopic (exact) mass is 543 g/mol. The molecule has 0 heterocycles. The maximum Gasteiger partial charge on any atom is 0.330 e. The molecule has 1 atom stereocenters. The van der Waals surface area contributed by atoms with E-state index in [0.717, 1.165) is 5.56 Å².